The summed E-state index contributed by atoms with van der Waals surface area (Å²) < 4.78 is 6.76. The van der Waals surface area contributed by atoms with Crippen LogP contribution in [0.15, 0.2) is 24.8 Å². The van der Waals surface area contributed by atoms with Crippen LogP contribution in [0.3, 0.4) is 0 Å². The van der Waals surface area contributed by atoms with Gasteiger partial charge in [0.05, 0.1) is 25.6 Å². The first kappa shape index (κ1) is 17.8. The Morgan fingerprint density at radius 1 is 1.42 bits per heavy atom. The molecular weight excluding hydrogens is 354 g/mol. The van der Waals surface area contributed by atoms with E-state index in [1.807, 2.05) is 12.1 Å². The zero-order valence-corrected chi connectivity index (χ0v) is 15.7. The molecule has 26 heavy (non-hydrogen) atoms. The summed E-state index contributed by atoms with van der Waals surface area (Å²) in [5.41, 5.74) is 0.295. The molecule has 2 aliphatic heterocycles. The molecule has 2 aliphatic carbocycles. The van der Waals surface area contributed by atoms with Crippen molar-refractivity contribution in [2.75, 3.05) is 20.1 Å². The molecule has 1 aromatic carbocycles. The Morgan fingerprint density at radius 3 is 2.92 bits per heavy atom. The molecule has 2 bridgehead atoms. The molecule has 1 spiro atoms. The lowest BCUT2D eigenvalue weighted by molar-refractivity contribution is -0.944. The molecule has 140 valence electrons. The number of Topliss-reactive ketones (excluding diaryl/α,β-unsaturated/α-hetero) is 1. The molecule has 5 nitrogen and oxygen atoms in total. The molecule has 2 fully saturated rings. The predicted octanol–water partition coefficient (Wildman–Crippen LogP) is 1.87. The summed E-state index contributed by atoms with van der Waals surface area (Å²) in [4.78, 5) is 12.7. The van der Waals surface area contributed by atoms with Crippen LogP contribution in [0.1, 0.15) is 30.4 Å². The molecule has 6 heteroatoms. The normalized spacial score (nSPS) is 41.7. The van der Waals surface area contributed by atoms with Crippen LogP contribution in [0, 0.1) is 0 Å². The number of likely N-dealkylation sites (tertiary alicyclic amines) is 1. The molecule has 1 saturated carbocycles. The summed E-state index contributed by atoms with van der Waals surface area (Å²) in [7, 11) is 2.19. The number of nitrogens with zero attached hydrogens (tertiary/aromatic N) is 1. The van der Waals surface area contributed by atoms with Gasteiger partial charge in [-0.25, -0.2) is 0 Å². The van der Waals surface area contributed by atoms with Gasteiger partial charge >= 0.3 is 0 Å². The highest BCUT2D eigenvalue weighted by molar-refractivity contribution is 5.90. The van der Waals surface area contributed by atoms with Crippen molar-refractivity contribution in [2.45, 2.75) is 48.8 Å². The van der Waals surface area contributed by atoms with E-state index in [0.29, 0.717) is 25.0 Å². The lowest BCUT2D eigenvalue weighted by Gasteiger charge is -2.64. The lowest BCUT2D eigenvalue weighted by atomic mass is 9.48. The first-order chi connectivity index (χ1) is 11.9. The molecular formula is C20H25ClNO4+. The van der Waals surface area contributed by atoms with Gasteiger partial charge in [-0.2, -0.15) is 0 Å². The summed E-state index contributed by atoms with van der Waals surface area (Å²) in [5, 5.41) is 22.3. The Kier molecular flexibility index (Phi) is 3.60. The number of rotatable bonds is 2. The van der Waals surface area contributed by atoms with E-state index in [0.717, 1.165) is 35.1 Å². The number of benzene rings is 1. The third kappa shape index (κ3) is 1.72. The highest BCUT2D eigenvalue weighted by atomic mass is 35.5. The number of phenolic OH excluding ortho intramolecular Hbond substituents is 1. The summed E-state index contributed by atoms with van der Waals surface area (Å²) in [5.74, 6) is 0.547. The van der Waals surface area contributed by atoms with Crippen molar-refractivity contribution in [3.05, 3.63) is 35.9 Å². The molecule has 0 radical (unpaired) electrons. The lowest BCUT2D eigenvalue weighted by Crippen LogP contribution is -2.80. The van der Waals surface area contributed by atoms with Gasteiger partial charge in [-0.1, -0.05) is 12.6 Å². The first-order valence-electron chi connectivity index (χ1n) is 9.09. The highest BCUT2D eigenvalue weighted by Crippen LogP contribution is 2.65. The van der Waals surface area contributed by atoms with Crippen molar-refractivity contribution in [3.8, 4) is 11.5 Å². The van der Waals surface area contributed by atoms with Crippen LogP contribution in [0.25, 0.3) is 0 Å². The number of hydrogen-bond donors (Lipinski definition) is 2. The van der Waals surface area contributed by atoms with Gasteiger partial charge < -0.3 is 19.4 Å². The molecule has 1 aromatic rings. The van der Waals surface area contributed by atoms with Gasteiger partial charge in [0.2, 0.25) is 0 Å². The number of ketones is 1. The number of phenols is 1. The number of carbonyl (C=O) groups excluding carboxylic acids is 1. The van der Waals surface area contributed by atoms with Crippen molar-refractivity contribution in [1.29, 1.82) is 0 Å². The summed E-state index contributed by atoms with van der Waals surface area (Å²) in [6.45, 7) is 5.57. The molecule has 0 amide bonds. The van der Waals surface area contributed by atoms with Gasteiger partial charge in [0.1, 0.15) is 11.6 Å². The maximum Gasteiger partial charge on any atom is 0.174 e. The van der Waals surface area contributed by atoms with Crippen LogP contribution in [0.2, 0.25) is 0 Å². The van der Waals surface area contributed by atoms with E-state index in [2.05, 4.69) is 13.6 Å². The predicted molar refractivity (Wildman–Crippen MR) is 98.9 cm³/mol. The second kappa shape index (κ2) is 5.24. The first-order valence-corrected chi connectivity index (χ1v) is 9.09. The van der Waals surface area contributed by atoms with Gasteiger partial charge in [-0.05, 0) is 24.1 Å². The van der Waals surface area contributed by atoms with Crippen molar-refractivity contribution < 1.29 is 24.2 Å². The number of carbonyl (C=O) groups is 1. The summed E-state index contributed by atoms with van der Waals surface area (Å²) in [6, 6.07) is 3.60. The molecule has 5 atom stereocenters. The van der Waals surface area contributed by atoms with Crippen LogP contribution in [0.4, 0.5) is 0 Å². The van der Waals surface area contributed by atoms with Crippen LogP contribution in [0.5, 0.6) is 11.5 Å². The average molecular weight is 379 g/mol. The second-order valence-electron chi connectivity index (χ2n) is 8.45. The van der Waals surface area contributed by atoms with Crippen molar-refractivity contribution in [2.24, 2.45) is 0 Å². The van der Waals surface area contributed by atoms with Crippen molar-refractivity contribution in [3.63, 3.8) is 0 Å². The number of likely N-dealkylation sites (N-methyl/N-ethyl adjacent to an activating group) is 1. The van der Waals surface area contributed by atoms with E-state index in [-0.39, 0.29) is 30.0 Å². The number of ether oxygens (including phenoxy) is 1. The highest BCUT2D eigenvalue weighted by Gasteiger charge is 2.76. The Bertz CT molecular complexity index is 826. The number of hydrogen-bond acceptors (Lipinski definition) is 4. The standard InChI is InChI=1S/C20H23NO4.ClH/c1-3-9-21(2)10-8-19-16-12-4-5-13(22)17(16)25-18(19)14(23)6-7-20(19,24)15(21)11-12;/h3-5,15,18,24H,1,6-11H2,2H3;1H/p+1/t15-,18+,19+,20?,21?;/m1./s1. The Hall–Kier alpha value is -1.56. The molecule has 2 unspecified atom stereocenters. The molecule has 2 N–H and O–H groups in total. The summed E-state index contributed by atoms with van der Waals surface area (Å²) in [6.07, 6.45) is 3.47. The maximum absolute atomic E-state index is 12.7. The van der Waals surface area contributed by atoms with E-state index in [1.165, 1.54) is 0 Å². The van der Waals surface area contributed by atoms with Crippen LogP contribution in [-0.4, -0.2) is 58.4 Å². The molecule has 4 aliphatic rings. The fourth-order valence-electron chi connectivity index (χ4n) is 6.34. The van der Waals surface area contributed by atoms with E-state index >= 15 is 0 Å². The number of piperidine rings is 1. The van der Waals surface area contributed by atoms with E-state index in [1.54, 1.807) is 6.07 Å². The van der Waals surface area contributed by atoms with Gasteiger partial charge in [0, 0.05) is 24.8 Å². The second-order valence-corrected chi connectivity index (χ2v) is 8.45. The Morgan fingerprint density at radius 2 is 2.19 bits per heavy atom. The molecule has 1 saturated heterocycles. The zero-order valence-electron chi connectivity index (χ0n) is 14.9. The number of quaternary nitrogens is 1. The van der Waals surface area contributed by atoms with Gasteiger partial charge in [-0.15, -0.1) is 12.4 Å². The largest absolute Gasteiger partial charge is 0.504 e. The summed E-state index contributed by atoms with van der Waals surface area (Å²) >= 11 is 0. The number of aliphatic hydroxyl groups is 1. The minimum Gasteiger partial charge on any atom is -0.504 e. The SMILES string of the molecule is C=CC[N+]1(C)CC[C@]23c4c5ccc(O)c4O[C@H]2C(=O)CCC3(O)[C@H]1C5.Cl. The minimum atomic E-state index is -0.992. The Balaban J connectivity index is 0.00000168. The zero-order chi connectivity index (χ0) is 17.6. The fourth-order valence-corrected chi connectivity index (χ4v) is 6.34. The van der Waals surface area contributed by atoms with Crippen LogP contribution < -0.4 is 4.74 Å². The topological polar surface area (TPSA) is 66.8 Å². The number of halogens is 1. The third-order valence-corrected chi connectivity index (χ3v) is 7.45. The van der Waals surface area contributed by atoms with E-state index in [4.69, 9.17) is 4.74 Å². The fraction of sp³-hybridized carbons (Fsp3) is 0.550. The van der Waals surface area contributed by atoms with Crippen LogP contribution in [-0.2, 0) is 16.6 Å². The Labute approximate surface area is 159 Å². The van der Waals surface area contributed by atoms with Gasteiger partial charge in [0.15, 0.2) is 23.4 Å². The molecule has 2 heterocycles. The maximum atomic E-state index is 12.7. The quantitative estimate of drug-likeness (QED) is 0.609. The minimum absolute atomic E-state index is 0. The average Bonchev–Trinajstić information content (AvgIpc) is 2.93. The van der Waals surface area contributed by atoms with Crippen LogP contribution >= 0.6 is 12.4 Å². The van der Waals surface area contributed by atoms with Crippen molar-refractivity contribution in [1.82, 2.24) is 0 Å². The van der Waals surface area contributed by atoms with E-state index in [9.17, 15) is 15.0 Å². The smallest absolute Gasteiger partial charge is 0.174 e. The van der Waals surface area contributed by atoms with Gasteiger partial charge in [0.25, 0.3) is 0 Å². The monoisotopic (exact) mass is 378 g/mol. The molecule has 5 rings (SSSR count). The van der Waals surface area contributed by atoms with E-state index < -0.39 is 17.1 Å². The third-order valence-electron chi connectivity index (χ3n) is 7.45. The van der Waals surface area contributed by atoms with Gasteiger partial charge in [-0.3, -0.25) is 4.79 Å². The van der Waals surface area contributed by atoms with Crippen molar-refractivity contribution >= 4 is 18.2 Å². The molecule has 0 aromatic heterocycles. The number of aromatic hydroxyl groups is 1.